The van der Waals surface area contributed by atoms with Gasteiger partial charge >= 0.3 is 0 Å². The van der Waals surface area contributed by atoms with Crippen molar-refractivity contribution in [3.63, 3.8) is 0 Å². The first-order valence-corrected chi connectivity index (χ1v) is 8.01. The quantitative estimate of drug-likeness (QED) is 0.477. The molecule has 118 valence electrons. The normalized spacial score (nSPS) is 11.2. The van der Waals surface area contributed by atoms with Gasteiger partial charge in [-0.05, 0) is 43.3 Å². The fourth-order valence-electron chi connectivity index (χ4n) is 3.34. The van der Waals surface area contributed by atoms with Crippen LogP contribution >= 0.6 is 0 Å². The molecular weight excluding hydrogens is 301 g/mol. The Hall–Kier alpha value is -2.94. The van der Waals surface area contributed by atoms with Gasteiger partial charge in [0.15, 0.2) is 5.78 Å². The molecule has 0 amide bonds. The Morgan fingerprint density at radius 2 is 1.62 bits per heavy atom. The number of carbonyl (C=O) groups is 1. The first-order chi connectivity index (χ1) is 11.7. The third-order valence-electron chi connectivity index (χ3n) is 4.47. The van der Waals surface area contributed by atoms with Gasteiger partial charge in [-0.1, -0.05) is 30.3 Å². The van der Waals surface area contributed by atoms with Gasteiger partial charge < -0.3 is 4.57 Å². The van der Waals surface area contributed by atoms with E-state index in [-0.39, 0.29) is 11.3 Å². The van der Waals surface area contributed by atoms with Gasteiger partial charge in [-0.25, -0.2) is 4.39 Å². The van der Waals surface area contributed by atoms with Crippen molar-refractivity contribution in [1.82, 2.24) is 4.57 Å². The minimum absolute atomic E-state index is 0.107. The Bertz CT molecular complexity index is 1080. The number of rotatable bonds is 3. The number of aryl methyl sites for hydroxylation is 1. The minimum Gasteiger partial charge on any atom is -0.341 e. The van der Waals surface area contributed by atoms with E-state index < -0.39 is 5.82 Å². The van der Waals surface area contributed by atoms with Crippen molar-refractivity contribution in [2.45, 2.75) is 13.5 Å². The Labute approximate surface area is 139 Å². The molecule has 24 heavy (non-hydrogen) atoms. The number of para-hydroxylation sites is 1. The number of fused-ring (bicyclic) bond motifs is 3. The van der Waals surface area contributed by atoms with E-state index in [0.29, 0.717) is 5.56 Å². The summed E-state index contributed by atoms with van der Waals surface area (Å²) in [5, 5.41) is 2.13. The number of ketones is 1. The molecule has 0 saturated heterocycles. The monoisotopic (exact) mass is 317 g/mol. The number of carbonyl (C=O) groups excluding carboxylic acids is 1. The zero-order valence-electron chi connectivity index (χ0n) is 13.3. The third kappa shape index (κ3) is 2.13. The number of hydrogen-bond acceptors (Lipinski definition) is 1. The van der Waals surface area contributed by atoms with Crippen LogP contribution in [0.4, 0.5) is 4.39 Å². The lowest BCUT2D eigenvalue weighted by Crippen LogP contribution is -2.04. The Morgan fingerprint density at radius 1 is 0.917 bits per heavy atom. The van der Waals surface area contributed by atoms with E-state index in [9.17, 15) is 9.18 Å². The Balaban J connectivity index is 1.95. The molecule has 3 heteroatoms. The Morgan fingerprint density at radius 3 is 2.42 bits per heavy atom. The van der Waals surface area contributed by atoms with Gasteiger partial charge in [-0.15, -0.1) is 0 Å². The molecule has 0 aliphatic carbocycles. The fourth-order valence-corrected chi connectivity index (χ4v) is 3.34. The Kier molecular flexibility index (Phi) is 3.42. The molecule has 0 spiro atoms. The van der Waals surface area contributed by atoms with Crippen molar-refractivity contribution in [3.05, 3.63) is 83.7 Å². The van der Waals surface area contributed by atoms with Crippen LogP contribution in [0.2, 0.25) is 0 Å². The smallest absolute Gasteiger partial charge is 0.195 e. The second kappa shape index (κ2) is 5.60. The summed E-state index contributed by atoms with van der Waals surface area (Å²) in [5.74, 6) is -0.776. The summed E-state index contributed by atoms with van der Waals surface area (Å²) in [4.78, 5) is 12.7. The number of benzene rings is 3. The summed E-state index contributed by atoms with van der Waals surface area (Å²) in [6.07, 6.45) is 0. The lowest BCUT2D eigenvalue weighted by molar-refractivity contribution is 0.103. The van der Waals surface area contributed by atoms with E-state index in [1.165, 1.54) is 12.1 Å². The molecule has 2 nitrogen and oxygen atoms in total. The van der Waals surface area contributed by atoms with E-state index >= 15 is 0 Å². The van der Waals surface area contributed by atoms with Gasteiger partial charge in [0.2, 0.25) is 0 Å². The van der Waals surface area contributed by atoms with Crippen LogP contribution in [-0.2, 0) is 6.54 Å². The highest BCUT2D eigenvalue weighted by molar-refractivity contribution is 6.14. The highest BCUT2D eigenvalue weighted by Crippen LogP contribution is 2.30. The van der Waals surface area contributed by atoms with Crippen LogP contribution < -0.4 is 0 Å². The second-order valence-electron chi connectivity index (χ2n) is 5.80. The van der Waals surface area contributed by atoms with Gasteiger partial charge in [-0.3, -0.25) is 4.79 Å². The molecule has 1 heterocycles. The predicted molar refractivity (Wildman–Crippen MR) is 95.0 cm³/mol. The SMILES string of the molecule is CCn1c2ccccc2c2cc(C(=O)c3ccccc3F)ccc21. The van der Waals surface area contributed by atoms with Crippen LogP contribution in [0.15, 0.2) is 66.7 Å². The van der Waals surface area contributed by atoms with Crippen LogP contribution in [0.25, 0.3) is 21.8 Å². The maximum Gasteiger partial charge on any atom is 0.195 e. The maximum absolute atomic E-state index is 13.9. The fraction of sp³-hybridized carbons (Fsp3) is 0.0952. The summed E-state index contributed by atoms with van der Waals surface area (Å²) in [5.41, 5.74) is 2.84. The standard InChI is InChI=1S/C21H16FNO/c1-2-23-19-10-6-4-7-15(19)17-13-14(11-12-20(17)23)21(24)16-8-3-5-9-18(16)22/h3-13H,2H2,1H3. The molecule has 0 atom stereocenters. The second-order valence-corrected chi connectivity index (χ2v) is 5.80. The first kappa shape index (κ1) is 14.6. The van der Waals surface area contributed by atoms with Crippen molar-refractivity contribution in [3.8, 4) is 0 Å². The topological polar surface area (TPSA) is 22.0 Å². The molecule has 0 bridgehead atoms. The maximum atomic E-state index is 13.9. The summed E-state index contributed by atoms with van der Waals surface area (Å²) in [7, 11) is 0. The molecule has 0 unspecified atom stereocenters. The molecule has 4 aromatic rings. The van der Waals surface area contributed by atoms with Crippen molar-refractivity contribution >= 4 is 27.6 Å². The van der Waals surface area contributed by atoms with Gasteiger partial charge in [0, 0.05) is 33.9 Å². The molecule has 0 N–H and O–H groups in total. The van der Waals surface area contributed by atoms with E-state index in [1.54, 1.807) is 18.2 Å². The van der Waals surface area contributed by atoms with E-state index in [1.807, 2.05) is 24.3 Å². The first-order valence-electron chi connectivity index (χ1n) is 8.01. The third-order valence-corrected chi connectivity index (χ3v) is 4.47. The van der Waals surface area contributed by atoms with Gasteiger partial charge in [-0.2, -0.15) is 0 Å². The van der Waals surface area contributed by atoms with Crippen molar-refractivity contribution < 1.29 is 9.18 Å². The van der Waals surface area contributed by atoms with Crippen molar-refractivity contribution in [1.29, 1.82) is 0 Å². The van der Waals surface area contributed by atoms with Gasteiger partial charge in [0.1, 0.15) is 5.82 Å². The molecule has 0 saturated carbocycles. The zero-order valence-corrected chi connectivity index (χ0v) is 13.3. The minimum atomic E-state index is -0.487. The molecule has 0 aliphatic heterocycles. The van der Waals surface area contributed by atoms with Crippen LogP contribution in [-0.4, -0.2) is 10.4 Å². The largest absolute Gasteiger partial charge is 0.341 e. The summed E-state index contributed by atoms with van der Waals surface area (Å²) < 4.78 is 16.2. The summed E-state index contributed by atoms with van der Waals surface area (Å²) >= 11 is 0. The average molecular weight is 317 g/mol. The molecule has 4 rings (SSSR count). The van der Waals surface area contributed by atoms with Crippen molar-refractivity contribution in [2.24, 2.45) is 0 Å². The van der Waals surface area contributed by atoms with Gasteiger partial charge in [0.25, 0.3) is 0 Å². The molecule has 3 aromatic carbocycles. The predicted octanol–water partition coefficient (Wildman–Crippen LogP) is 5.18. The zero-order chi connectivity index (χ0) is 16.7. The highest BCUT2D eigenvalue weighted by Gasteiger charge is 2.16. The summed E-state index contributed by atoms with van der Waals surface area (Å²) in [6, 6.07) is 19.9. The number of aromatic nitrogens is 1. The summed E-state index contributed by atoms with van der Waals surface area (Å²) in [6.45, 7) is 2.95. The van der Waals surface area contributed by atoms with E-state index in [0.717, 1.165) is 28.4 Å². The lowest BCUT2D eigenvalue weighted by Gasteiger charge is -2.05. The van der Waals surface area contributed by atoms with Crippen LogP contribution in [0.5, 0.6) is 0 Å². The van der Waals surface area contributed by atoms with Crippen molar-refractivity contribution in [2.75, 3.05) is 0 Å². The number of nitrogens with zero attached hydrogens (tertiary/aromatic N) is 1. The number of hydrogen-bond donors (Lipinski definition) is 0. The average Bonchev–Trinajstić information content (AvgIpc) is 2.94. The lowest BCUT2D eigenvalue weighted by atomic mass is 10.0. The van der Waals surface area contributed by atoms with Crippen LogP contribution in [0, 0.1) is 5.82 Å². The molecule has 1 aromatic heterocycles. The van der Waals surface area contributed by atoms with E-state index in [2.05, 4.69) is 23.6 Å². The molecular formula is C21H16FNO. The molecule has 0 fully saturated rings. The van der Waals surface area contributed by atoms with Gasteiger partial charge in [0.05, 0.1) is 5.56 Å². The number of halogens is 1. The molecule has 0 aliphatic rings. The molecule has 0 radical (unpaired) electrons. The van der Waals surface area contributed by atoms with Crippen LogP contribution in [0.1, 0.15) is 22.8 Å². The van der Waals surface area contributed by atoms with E-state index in [4.69, 9.17) is 0 Å². The van der Waals surface area contributed by atoms with Crippen LogP contribution in [0.3, 0.4) is 0 Å². The highest BCUT2D eigenvalue weighted by atomic mass is 19.1.